The monoisotopic (exact) mass is 182 g/mol. The highest BCUT2D eigenvalue weighted by atomic mass is 16.3. The first-order valence-electron chi connectivity index (χ1n) is 4.14. The molecule has 0 fully saturated rings. The number of hydrogen-bond acceptors (Lipinski definition) is 4. The molecule has 0 bridgehead atoms. The van der Waals surface area contributed by atoms with Crippen LogP contribution in [0.15, 0.2) is 18.5 Å². The van der Waals surface area contributed by atoms with Gasteiger partial charge in [-0.3, -0.25) is 4.98 Å². The molecule has 1 aromatic rings. The van der Waals surface area contributed by atoms with Crippen LogP contribution >= 0.6 is 0 Å². The van der Waals surface area contributed by atoms with E-state index >= 15 is 0 Å². The minimum atomic E-state index is -0.632. The molecule has 0 aliphatic heterocycles. The van der Waals surface area contributed by atoms with E-state index in [-0.39, 0.29) is 6.61 Å². The molecule has 0 aliphatic carbocycles. The van der Waals surface area contributed by atoms with Crippen LogP contribution in [0.5, 0.6) is 0 Å². The summed E-state index contributed by atoms with van der Waals surface area (Å²) in [7, 11) is 0. The van der Waals surface area contributed by atoms with Crippen LogP contribution in [0.1, 0.15) is 24.1 Å². The molecule has 72 valence electrons. The lowest BCUT2D eigenvalue weighted by Gasteiger charge is -2.17. The van der Waals surface area contributed by atoms with Gasteiger partial charge in [0, 0.05) is 18.0 Å². The molecule has 1 aromatic heterocycles. The molecule has 13 heavy (non-hydrogen) atoms. The number of hydrogen-bond donors (Lipinski definition) is 3. The lowest BCUT2D eigenvalue weighted by atomic mass is 10.0. The molecule has 0 saturated carbocycles. The van der Waals surface area contributed by atoms with Gasteiger partial charge < -0.3 is 15.9 Å². The molecule has 4 nitrogen and oxygen atoms in total. The van der Waals surface area contributed by atoms with Gasteiger partial charge in [0.15, 0.2) is 0 Å². The van der Waals surface area contributed by atoms with E-state index in [2.05, 4.69) is 4.98 Å². The maximum Gasteiger partial charge on any atom is 0.0704 e. The molecule has 2 atom stereocenters. The third kappa shape index (κ3) is 2.24. The maximum absolute atomic E-state index is 9.27. The Morgan fingerprint density at radius 1 is 1.62 bits per heavy atom. The van der Waals surface area contributed by atoms with E-state index in [1.54, 1.807) is 25.4 Å². The topological polar surface area (TPSA) is 79.4 Å². The molecule has 4 heteroatoms. The highest BCUT2D eigenvalue weighted by Gasteiger charge is 2.14. The summed E-state index contributed by atoms with van der Waals surface area (Å²) >= 11 is 0. The smallest absolute Gasteiger partial charge is 0.0704 e. The van der Waals surface area contributed by atoms with Gasteiger partial charge in [-0.1, -0.05) is 0 Å². The van der Waals surface area contributed by atoms with E-state index in [9.17, 15) is 5.11 Å². The van der Waals surface area contributed by atoms with Crippen molar-refractivity contribution < 1.29 is 10.2 Å². The molecular formula is C9H14N2O2. The van der Waals surface area contributed by atoms with Crippen molar-refractivity contribution >= 4 is 0 Å². The number of rotatable bonds is 3. The van der Waals surface area contributed by atoms with Gasteiger partial charge >= 0.3 is 0 Å². The summed E-state index contributed by atoms with van der Waals surface area (Å²) in [6.07, 6.45) is 2.52. The van der Waals surface area contributed by atoms with Crippen molar-refractivity contribution in [3.8, 4) is 0 Å². The van der Waals surface area contributed by atoms with Crippen molar-refractivity contribution in [3.05, 3.63) is 29.6 Å². The second-order valence-corrected chi connectivity index (χ2v) is 3.00. The molecule has 1 rings (SSSR count). The summed E-state index contributed by atoms with van der Waals surface area (Å²) in [5.41, 5.74) is 7.13. The van der Waals surface area contributed by atoms with E-state index in [0.717, 1.165) is 5.56 Å². The van der Waals surface area contributed by atoms with Crippen molar-refractivity contribution in [3.63, 3.8) is 0 Å². The van der Waals surface area contributed by atoms with E-state index in [0.29, 0.717) is 5.56 Å². The van der Waals surface area contributed by atoms with E-state index < -0.39 is 12.1 Å². The lowest BCUT2D eigenvalue weighted by Crippen LogP contribution is -2.24. The van der Waals surface area contributed by atoms with Crippen LogP contribution in [0.3, 0.4) is 0 Å². The van der Waals surface area contributed by atoms with Crippen LogP contribution in [0.2, 0.25) is 0 Å². The van der Waals surface area contributed by atoms with Crippen molar-refractivity contribution in [1.82, 2.24) is 4.98 Å². The Morgan fingerprint density at radius 3 is 2.85 bits per heavy atom. The molecule has 1 unspecified atom stereocenters. The van der Waals surface area contributed by atoms with Crippen molar-refractivity contribution in [2.45, 2.75) is 25.7 Å². The summed E-state index contributed by atoms with van der Waals surface area (Å²) in [4.78, 5) is 3.86. The zero-order valence-electron chi connectivity index (χ0n) is 7.51. The van der Waals surface area contributed by atoms with Gasteiger partial charge in [0.25, 0.3) is 0 Å². The Hall–Kier alpha value is -0.970. The zero-order chi connectivity index (χ0) is 9.84. The maximum atomic E-state index is 9.27. The van der Waals surface area contributed by atoms with Gasteiger partial charge in [0.1, 0.15) is 0 Å². The fraction of sp³-hybridized carbons (Fsp3) is 0.444. The van der Waals surface area contributed by atoms with E-state index in [4.69, 9.17) is 10.8 Å². The standard InChI is InChI=1S/C9H14N2O2/c1-6(13)9(10)8-2-3-11-4-7(8)5-12/h2-4,6,9,12-13H,5,10H2,1H3/t6?,9-/m0/s1. The Balaban J connectivity index is 2.98. The third-order valence-corrected chi connectivity index (χ3v) is 1.99. The normalized spacial score (nSPS) is 15.4. The first-order valence-corrected chi connectivity index (χ1v) is 4.14. The van der Waals surface area contributed by atoms with Crippen LogP contribution < -0.4 is 5.73 Å². The fourth-order valence-electron chi connectivity index (χ4n) is 1.16. The van der Waals surface area contributed by atoms with Crippen LogP contribution in [0.25, 0.3) is 0 Å². The highest BCUT2D eigenvalue weighted by Crippen LogP contribution is 2.17. The molecule has 0 amide bonds. The Labute approximate surface area is 77.0 Å². The first kappa shape index (κ1) is 10.1. The minimum absolute atomic E-state index is 0.108. The molecule has 4 N–H and O–H groups in total. The second kappa shape index (κ2) is 4.32. The predicted molar refractivity (Wildman–Crippen MR) is 48.8 cm³/mol. The van der Waals surface area contributed by atoms with Crippen LogP contribution in [0.4, 0.5) is 0 Å². The number of nitrogens with two attached hydrogens (primary N) is 1. The number of aliphatic hydroxyl groups excluding tert-OH is 2. The number of aromatic nitrogens is 1. The van der Waals surface area contributed by atoms with Gasteiger partial charge in [-0.25, -0.2) is 0 Å². The lowest BCUT2D eigenvalue weighted by molar-refractivity contribution is 0.162. The fourth-order valence-corrected chi connectivity index (χ4v) is 1.16. The van der Waals surface area contributed by atoms with Gasteiger partial charge in [0.2, 0.25) is 0 Å². The number of nitrogens with zero attached hydrogens (tertiary/aromatic N) is 1. The number of pyridine rings is 1. The molecule has 1 heterocycles. The largest absolute Gasteiger partial charge is 0.392 e. The van der Waals surface area contributed by atoms with Crippen LogP contribution in [0, 0.1) is 0 Å². The van der Waals surface area contributed by atoms with Crippen molar-refractivity contribution in [2.24, 2.45) is 5.73 Å². The molecule has 0 aromatic carbocycles. The molecule has 0 saturated heterocycles. The minimum Gasteiger partial charge on any atom is -0.392 e. The van der Waals surface area contributed by atoms with Crippen LogP contribution in [-0.2, 0) is 6.61 Å². The van der Waals surface area contributed by atoms with Gasteiger partial charge in [0.05, 0.1) is 18.8 Å². The average Bonchev–Trinajstić information content (AvgIpc) is 2.16. The van der Waals surface area contributed by atoms with Crippen molar-refractivity contribution in [2.75, 3.05) is 0 Å². The summed E-state index contributed by atoms with van der Waals surface area (Å²) in [5.74, 6) is 0. The predicted octanol–water partition coefficient (Wildman–Crippen LogP) is -0.0455. The second-order valence-electron chi connectivity index (χ2n) is 3.00. The van der Waals surface area contributed by atoms with Crippen LogP contribution in [-0.4, -0.2) is 21.3 Å². The van der Waals surface area contributed by atoms with Gasteiger partial charge in [-0.15, -0.1) is 0 Å². The average molecular weight is 182 g/mol. The van der Waals surface area contributed by atoms with E-state index in [1.165, 1.54) is 0 Å². The molecule has 0 aliphatic rings. The Morgan fingerprint density at radius 2 is 2.31 bits per heavy atom. The summed E-state index contributed by atoms with van der Waals surface area (Å²) in [6.45, 7) is 1.51. The Bertz CT molecular complexity index is 276. The van der Waals surface area contributed by atoms with Crippen molar-refractivity contribution in [1.29, 1.82) is 0 Å². The van der Waals surface area contributed by atoms with E-state index in [1.807, 2.05) is 0 Å². The molecular weight excluding hydrogens is 168 g/mol. The SMILES string of the molecule is CC(O)[C@H](N)c1ccncc1CO. The zero-order valence-corrected chi connectivity index (χ0v) is 7.51. The Kier molecular flexibility index (Phi) is 3.36. The molecule has 0 spiro atoms. The third-order valence-electron chi connectivity index (χ3n) is 1.99. The first-order chi connectivity index (χ1) is 6.16. The summed E-state index contributed by atoms with van der Waals surface area (Å²) < 4.78 is 0. The highest BCUT2D eigenvalue weighted by molar-refractivity contribution is 5.26. The number of aliphatic hydroxyl groups is 2. The molecule has 0 radical (unpaired) electrons. The van der Waals surface area contributed by atoms with Gasteiger partial charge in [-0.2, -0.15) is 0 Å². The quantitative estimate of drug-likeness (QED) is 0.612. The summed E-state index contributed by atoms with van der Waals surface area (Å²) in [5, 5.41) is 18.2. The summed E-state index contributed by atoms with van der Waals surface area (Å²) in [6, 6.07) is 1.24. The van der Waals surface area contributed by atoms with Gasteiger partial charge in [-0.05, 0) is 18.6 Å².